The molecule has 0 bridgehead atoms. The van der Waals surface area contributed by atoms with E-state index in [4.69, 9.17) is 4.98 Å². The second kappa shape index (κ2) is 8.78. The van der Waals surface area contributed by atoms with Gasteiger partial charge in [0.1, 0.15) is 11.2 Å². The van der Waals surface area contributed by atoms with Crippen molar-refractivity contribution in [1.29, 1.82) is 0 Å². The number of benzene rings is 1. The summed E-state index contributed by atoms with van der Waals surface area (Å²) in [6.07, 6.45) is 5.42. The zero-order valence-electron chi connectivity index (χ0n) is 20.1. The summed E-state index contributed by atoms with van der Waals surface area (Å²) in [5.41, 5.74) is 9.92. The number of hydrogen-bond acceptors (Lipinski definition) is 5. The van der Waals surface area contributed by atoms with Crippen LogP contribution in [-0.2, 0) is 0 Å². The normalized spacial score (nSPS) is 11.4. The van der Waals surface area contributed by atoms with Gasteiger partial charge in [0.2, 0.25) is 0 Å². The molecule has 0 fully saturated rings. The maximum absolute atomic E-state index is 4.97. The number of pyridine rings is 3. The Morgan fingerprint density at radius 1 is 0.944 bits per heavy atom. The lowest BCUT2D eigenvalue weighted by Gasteiger charge is -2.13. The molecule has 5 aromatic heterocycles. The Morgan fingerprint density at radius 2 is 1.86 bits per heavy atom. The lowest BCUT2D eigenvalue weighted by molar-refractivity contribution is 0.778. The molecule has 176 valence electrons. The van der Waals surface area contributed by atoms with E-state index in [1.807, 2.05) is 54.9 Å². The van der Waals surface area contributed by atoms with Crippen LogP contribution in [0.3, 0.4) is 0 Å². The average molecular weight is 472 g/mol. The van der Waals surface area contributed by atoms with Crippen molar-refractivity contribution in [3.05, 3.63) is 91.5 Å². The molecule has 0 amide bonds. The van der Waals surface area contributed by atoms with E-state index in [1.165, 1.54) is 0 Å². The summed E-state index contributed by atoms with van der Waals surface area (Å²) in [6, 6.07) is 20.3. The van der Waals surface area contributed by atoms with E-state index in [0.717, 1.165) is 67.2 Å². The number of anilines is 1. The van der Waals surface area contributed by atoms with Gasteiger partial charge in [0.05, 0.1) is 34.5 Å². The van der Waals surface area contributed by atoms with Crippen LogP contribution >= 0.6 is 0 Å². The van der Waals surface area contributed by atoms with Crippen molar-refractivity contribution >= 4 is 27.6 Å². The van der Waals surface area contributed by atoms with Crippen LogP contribution in [0.1, 0.15) is 13.8 Å². The smallest absolute Gasteiger partial charge is 0.135 e. The van der Waals surface area contributed by atoms with E-state index in [1.54, 1.807) is 6.20 Å². The third-order valence-electron chi connectivity index (χ3n) is 6.30. The Hall–Kier alpha value is -4.78. The SMILES string of the molecule is C=C(Nc1cncc(-c2ccc3[nH]nc(-c4cc5c(-c6ccccn6)cccc5[nH]4)c3n2)c1)C(C)C. The van der Waals surface area contributed by atoms with Crippen LogP contribution in [0.15, 0.2) is 91.5 Å². The maximum atomic E-state index is 4.97. The van der Waals surface area contributed by atoms with Gasteiger partial charge in [0, 0.05) is 40.1 Å². The van der Waals surface area contributed by atoms with Gasteiger partial charge < -0.3 is 10.3 Å². The molecule has 0 atom stereocenters. The highest BCUT2D eigenvalue weighted by molar-refractivity contribution is 6.00. The summed E-state index contributed by atoms with van der Waals surface area (Å²) < 4.78 is 0. The summed E-state index contributed by atoms with van der Waals surface area (Å²) in [6.45, 7) is 8.31. The average Bonchev–Trinajstić information content (AvgIpc) is 3.53. The molecule has 0 aliphatic heterocycles. The van der Waals surface area contributed by atoms with Gasteiger partial charge >= 0.3 is 0 Å². The second-order valence-electron chi connectivity index (χ2n) is 9.10. The molecule has 3 N–H and O–H groups in total. The van der Waals surface area contributed by atoms with Gasteiger partial charge in [-0.05, 0) is 48.4 Å². The van der Waals surface area contributed by atoms with Crippen LogP contribution in [0.2, 0.25) is 0 Å². The van der Waals surface area contributed by atoms with Crippen LogP contribution in [0.25, 0.3) is 55.8 Å². The first-order valence-electron chi connectivity index (χ1n) is 11.9. The molecule has 0 radical (unpaired) electrons. The van der Waals surface area contributed by atoms with Crippen LogP contribution in [0, 0.1) is 5.92 Å². The Kier molecular flexibility index (Phi) is 5.30. The lowest BCUT2D eigenvalue weighted by atomic mass is 10.1. The Labute approximate surface area is 208 Å². The third kappa shape index (κ3) is 3.90. The molecule has 6 aromatic rings. The molecular weight excluding hydrogens is 446 g/mol. The molecule has 0 saturated heterocycles. The number of H-pyrrole nitrogens is 2. The first-order valence-corrected chi connectivity index (χ1v) is 11.9. The van der Waals surface area contributed by atoms with Crippen LogP contribution < -0.4 is 5.32 Å². The largest absolute Gasteiger partial charge is 0.358 e. The molecule has 1 aromatic carbocycles. The molecule has 36 heavy (non-hydrogen) atoms. The number of nitrogens with zero attached hydrogens (tertiary/aromatic N) is 4. The minimum absolute atomic E-state index is 0.325. The van der Waals surface area contributed by atoms with Crippen LogP contribution in [0.5, 0.6) is 0 Å². The zero-order chi connectivity index (χ0) is 24.6. The predicted octanol–water partition coefficient (Wildman–Crippen LogP) is 6.81. The van der Waals surface area contributed by atoms with E-state index in [-0.39, 0.29) is 0 Å². The minimum atomic E-state index is 0.325. The summed E-state index contributed by atoms with van der Waals surface area (Å²) in [5, 5.41) is 12.2. The first kappa shape index (κ1) is 21.7. The number of aromatic amines is 2. The maximum Gasteiger partial charge on any atom is 0.135 e. The Morgan fingerprint density at radius 3 is 2.69 bits per heavy atom. The highest BCUT2D eigenvalue weighted by Crippen LogP contribution is 2.33. The number of rotatable bonds is 6. The fourth-order valence-corrected chi connectivity index (χ4v) is 4.25. The molecule has 7 nitrogen and oxygen atoms in total. The molecule has 0 saturated carbocycles. The number of aromatic nitrogens is 6. The number of allylic oxidation sites excluding steroid dienone is 1. The molecule has 0 unspecified atom stereocenters. The standard InChI is InChI=1S/C29H25N7/c1-17(2)18(3)32-20-13-19(15-30-16-20)23-10-11-26-28(34-23)29(36-35-26)27-14-22-21(7-6-9-25(22)33-27)24-8-4-5-12-31-24/h4-17,32-33H,3H2,1-2H3,(H,35,36). The highest BCUT2D eigenvalue weighted by Gasteiger charge is 2.16. The Bertz CT molecular complexity index is 1710. The minimum Gasteiger partial charge on any atom is -0.358 e. The van der Waals surface area contributed by atoms with Crippen molar-refractivity contribution in [2.75, 3.05) is 5.32 Å². The van der Waals surface area contributed by atoms with Gasteiger partial charge in [-0.1, -0.05) is 38.6 Å². The summed E-state index contributed by atoms with van der Waals surface area (Å²) in [5.74, 6) is 0.325. The fraction of sp³-hybridized carbons (Fsp3) is 0.103. The highest BCUT2D eigenvalue weighted by atomic mass is 15.1. The van der Waals surface area contributed by atoms with Crippen molar-refractivity contribution in [2.24, 2.45) is 5.92 Å². The van der Waals surface area contributed by atoms with Crippen molar-refractivity contribution in [3.8, 4) is 33.9 Å². The van der Waals surface area contributed by atoms with Gasteiger partial charge in [-0.25, -0.2) is 4.98 Å². The second-order valence-corrected chi connectivity index (χ2v) is 9.10. The van der Waals surface area contributed by atoms with Crippen molar-refractivity contribution in [2.45, 2.75) is 13.8 Å². The summed E-state index contributed by atoms with van der Waals surface area (Å²) >= 11 is 0. The molecular formula is C29H25N7. The van der Waals surface area contributed by atoms with Gasteiger partial charge in [-0.3, -0.25) is 15.1 Å². The molecule has 6 rings (SSSR count). The molecule has 5 heterocycles. The zero-order valence-corrected chi connectivity index (χ0v) is 20.1. The predicted molar refractivity (Wildman–Crippen MR) is 145 cm³/mol. The third-order valence-corrected chi connectivity index (χ3v) is 6.30. The number of hydrogen-bond donors (Lipinski definition) is 3. The lowest BCUT2D eigenvalue weighted by Crippen LogP contribution is -2.04. The first-order chi connectivity index (χ1) is 17.6. The summed E-state index contributed by atoms with van der Waals surface area (Å²) in [4.78, 5) is 17.4. The Balaban J connectivity index is 1.41. The van der Waals surface area contributed by atoms with Gasteiger partial charge in [-0.15, -0.1) is 0 Å². The number of nitrogens with one attached hydrogen (secondary N) is 3. The van der Waals surface area contributed by atoms with Gasteiger partial charge in [0.15, 0.2) is 0 Å². The van der Waals surface area contributed by atoms with Crippen molar-refractivity contribution in [1.82, 2.24) is 30.1 Å². The van der Waals surface area contributed by atoms with E-state index in [9.17, 15) is 0 Å². The fourth-order valence-electron chi connectivity index (χ4n) is 4.25. The van der Waals surface area contributed by atoms with Crippen molar-refractivity contribution < 1.29 is 0 Å². The quantitative estimate of drug-likeness (QED) is 0.248. The molecule has 0 spiro atoms. The van der Waals surface area contributed by atoms with E-state index in [2.05, 4.69) is 69.1 Å². The molecule has 0 aliphatic carbocycles. The monoisotopic (exact) mass is 471 g/mol. The van der Waals surface area contributed by atoms with Crippen molar-refractivity contribution in [3.63, 3.8) is 0 Å². The molecule has 7 heteroatoms. The van der Waals surface area contributed by atoms with E-state index < -0.39 is 0 Å². The van der Waals surface area contributed by atoms with Gasteiger partial charge in [-0.2, -0.15) is 5.10 Å². The van der Waals surface area contributed by atoms with Gasteiger partial charge in [0.25, 0.3) is 0 Å². The van der Waals surface area contributed by atoms with E-state index >= 15 is 0 Å². The number of fused-ring (bicyclic) bond motifs is 2. The van der Waals surface area contributed by atoms with Crippen LogP contribution in [0.4, 0.5) is 5.69 Å². The topological polar surface area (TPSA) is 95.2 Å². The van der Waals surface area contributed by atoms with E-state index in [0.29, 0.717) is 5.92 Å². The van der Waals surface area contributed by atoms with Crippen LogP contribution in [-0.4, -0.2) is 30.1 Å². The summed E-state index contributed by atoms with van der Waals surface area (Å²) in [7, 11) is 0. The molecule has 0 aliphatic rings.